The highest BCUT2D eigenvalue weighted by Gasteiger charge is 2.14. The minimum absolute atomic E-state index is 0.132. The van der Waals surface area contributed by atoms with Crippen molar-refractivity contribution < 1.29 is 14.3 Å². The summed E-state index contributed by atoms with van der Waals surface area (Å²) in [5, 5.41) is 5.54. The van der Waals surface area contributed by atoms with Gasteiger partial charge in [0.25, 0.3) is 5.91 Å². The fourth-order valence-corrected chi connectivity index (χ4v) is 2.33. The highest BCUT2D eigenvalue weighted by atomic mass is 79.9. The lowest BCUT2D eigenvalue weighted by atomic mass is 10.2. The Labute approximate surface area is 149 Å². The SMILES string of the molecule is CC(=O)Nc1cccc(CNC(=O)C(C)Oc2ccc(Br)cc2)c1. The third kappa shape index (κ3) is 5.70. The van der Waals surface area contributed by atoms with Gasteiger partial charge in [0.15, 0.2) is 6.10 Å². The Morgan fingerprint density at radius 2 is 1.88 bits per heavy atom. The van der Waals surface area contributed by atoms with Gasteiger partial charge >= 0.3 is 0 Å². The van der Waals surface area contributed by atoms with E-state index < -0.39 is 6.10 Å². The van der Waals surface area contributed by atoms with Crippen molar-refractivity contribution in [2.45, 2.75) is 26.5 Å². The van der Waals surface area contributed by atoms with E-state index in [1.807, 2.05) is 30.3 Å². The first-order valence-electron chi connectivity index (χ1n) is 7.50. The van der Waals surface area contributed by atoms with E-state index in [-0.39, 0.29) is 11.8 Å². The third-order valence-electron chi connectivity index (χ3n) is 3.21. The van der Waals surface area contributed by atoms with E-state index in [2.05, 4.69) is 26.6 Å². The van der Waals surface area contributed by atoms with Crippen molar-refractivity contribution in [3.05, 3.63) is 58.6 Å². The molecule has 0 fully saturated rings. The highest BCUT2D eigenvalue weighted by molar-refractivity contribution is 9.10. The standard InChI is InChI=1S/C18H19BrN2O3/c1-12(24-17-8-6-15(19)7-9-17)18(23)20-11-14-4-3-5-16(10-14)21-13(2)22/h3-10,12H,11H2,1-2H3,(H,20,23)(H,21,22). The van der Waals surface area contributed by atoms with E-state index in [1.54, 1.807) is 25.1 Å². The highest BCUT2D eigenvalue weighted by Crippen LogP contribution is 2.17. The molecule has 2 aromatic rings. The number of halogens is 1. The van der Waals surface area contributed by atoms with Crippen LogP contribution in [0.2, 0.25) is 0 Å². The number of rotatable bonds is 6. The molecule has 0 radical (unpaired) electrons. The second-order valence-electron chi connectivity index (χ2n) is 5.31. The summed E-state index contributed by atoms with van der Waals surface area (Å²) in [5.41, 5.74) is 1.60. The molecule has 0 aliphatic heterocycles. The van der Waals surface area contributed by atoms with Gasteiger partial charge in [-0.2, -0.15) is 0 Å². The molecular weight excluding hydrogens is 372 g/mol. The Morgan fingerprint density at radius 3 is 2.54 bits per heavy atom. The maximum Gasteiger partial charge on any atom is 0.261 e. The van der Waals surface area contributed by atoms with E-state index in [1.165, 1.54) is 6.92 Å². The lowest BCUT2D eigenvalue weighted by molar-refractivity contribution is -0.127. The van der Waals surface area contributed by atoms with Gasteiger partial charge in [-0.25, -0.2) is 0 Å². The first-order valence-corrected chi connectivity index (χ1v) is 8.30. The lowest BCUT2D eigenvalue weighted by Crippen LogP contribution is -2.35. The quantitative estimate of drug-likeness (QED) is 0.792. The first kappa shape index (κ1) is 18.0. The van der Waals surface area contributed by atoms with E-state index in [4.69, 9.17) is 4.74 Å². The molecule has 0 heterocycles. The number of hydrogen-bond acceptors (Lipinski definition) is 3. The Bertz CT molecular complexity index is 716. The number of carbonyl (C=O) groups excluding carboxylic acids is 2. The second kappa shape index (κ2) is 8.49. The summed E-state index contributed by atoms with van der Waals surface area (Å²) < 4.78 is 6.56. The van der Waals surface area contributed by atoms with Gasteiger partial charge in [0.1, 0.15) is 5.75 Å². The molecule has 1 atom stereocenters. The molecule has 0 bridgehead atoms. The fraction of sp³-hybridized carbons (Fsp3) is 0.222. The van der Waals surface area contributed by atoms with Gasteiger partial charge in [0.05, 0.1) is 0 Å². The Kier molecular flexibility index (Phi) is 6.37. The Morgan fingerprint density at radius 1 is 1.17 bits per heavy atom. The normalized spacial score (nSPS) is 11.5. The monoisotopic (exact) mass is 390 g/mol. The Hall–Kier alpha value is -2.34. The molecule has 24 heavy (non-hydrogen) atoms. The molecule has 2 aromatic carbocycles. The molecule has 0 aliphatic rings. The fourth-order valence-electron chi connectivity index (χ4n) is 2.07. The van der Waals surface area contributed by atoms with Crippen molar-refractivity contribution in [2.75, 3.05) is 5.32 Å². The molecule has 0 saturated heterocycles. The predicted octanol–water partition coefficient (Wildman–Crippen LogP) is 3.49. The van der Waals surface area contributed by atoms with Crippen LogP contribution < -0.4 is 15.4 Å². The molecule has 0 aliphatic carbocycles. The van der Waals surface area contributed by atoms with Crippen LogP contribution in [0.4, 0.5) is 5.69 Å². The lowest BCUT2D eigenvalue weighted by Gasteiger charge is -2.15. The third-order valence-corrected chi connectivity index (χ3v) is 3.74. The van der Waals surface area contributed by atoms with Gasteiger partial charge in [0, 0.05) is 23.6 Å². The van der Waals surface area contributed by atoms with Crippen LogP contribution in [0.3, 0.4) is 0 Å². The van der Waals surface area contributed by atoms with Crippen molar-refractivity contribution in [1.82, 2.24) is 5.32 Å². The van der Waals surface area contributed by atoms with Crippen molar-refractivity contribution in [2.24, 2.45) is 0 Å². The summed E-state index contributed by atoms with van der Waals surface area (Å²) in [6.07, 6.45) is -0.607. The van der Waals surface area contributed by atoms with E-state index in [9.17, 15) is 9.59 Å². The van der Waals surface area contributed by atoms with Crippen LogP contribution in [-0.4, -0.2) is 17.9 Å². The number of hydrogen-bond donors (Lipinski definition) is 2. The van der Waals surface area contributed by atoms with Gasteiger partial charge in [-0.05, 0) is 48.9 Å². The van der Waals surface area contributed by atoms with Crippen molar-refractivity contribution in [3.63, 3.8) is 0 Å². The smallest absolute Gasteiger partial charge is 0.261 e. The number of carbonyl (C=O) groups is 2. The first-order chi connectivity index (χ1) is 11.4. The van der Waals surface area contributed by atoms with Gasteiger partial charge in [-0.15, -0.1) is 0 Å². The molecule has 0 spiro atoms. The van der Waals surface area contributed by atoms with Gasteiger partial charge in [-0.3, -0.25) is 9.59 Å². The molecule has 126 valence electrons. The summed E-state index contributed by atoms with van der Waals surface area (Å²) in [7, 11) is 0. The summed E-state index contributed by atoms with van der Waals surface area (Å²) in [6, 6.07) is 14.6. The summed E-state index contributed by atoms with van der Waals surface area (Å²) in [6.45, 7) is 3.51. The van der Waals surface area contributed by atoms with Crippen LogP contribution in [0.25, 0.3) is 0 Å². The molecule has 2 N–H and O–H groups in total. The molecule has 6 heteroatoms. The second-order valence-corrected chi connectivity index (χ2v) is 6.23. The number of ether oxygens (including phenoxy) is 1. The van der Waals surface area contributed by atoms with E-state index in [0.717, 1.165) is 10.0 Å². The molecule has 0 aromatic heterocycles. The Balaban J connectivity index is 1.87. The van der Waals surface area contributed by atoms with Crippen LogP contribution >= 0.6 is 15.9 Å². The van der Waals surface area contributed by atoms with Crippen molar-refractivity contribution >= 4 is 33.4 Å². The van der Waals surface area contributed by atoms with Gasteiger partial charge in [0.2, 0.25) is 5.91 Å². The molecule has 5 nitrogen and oxygen atoms in total. The van der Waals surface area contributed by atoms with E-state index in [0.29, 0.717) is 18.0 Å². The summed E-state index contributed by atoms with van der Waals surface area (Å²) in [5.74, 6) is 0.295. The maximum atomic E-state index is 12.1. The minimum Gasteiger partial charge on any atom is -0.481 e. The molecule has 2 amide bonds. The largest absolute Gasteiger partial charge is 0.481 e. The average Bonchev–Trinajstić information content (AvgIpc) is 2.54. The summed E-state index contributed by atoms with van der Waals surface area (Å²) in [4.78, 5) is 23.2. The van der Waals surface area contributed by atoms with Crippen molar-refractivity contribution in [1.29, 1.82) is 0 Å². The zero-order valence-electron chi connectivity index (χ0n) is 13.5. The average molecular weight is 391 g/mol. The number of amides is 2. The number of benzene rings is 2. The number of anilines is 1. The van der Waals surface area contributed by atoms with Gasteiger partial charge in [-0.1, -0.05) is 28.1 Å². The minimum atomic E-state index is -0.607. The zero-order valence-corrected chi connectivity index (χ0v) is 15.1. The van der Waals surface area contributed by atoms with Crippen molar-refractivity contribution in [3.8, 4) is 5.75 Å². The van der Waals surface area contributed by atoms with Crippen LogP contribution in [0.5, 0.6) is 5.75 Å². The molecule has 1 unspecified atom stereocenters. The van der Waals surface area contributed by atoms with Crippen LogP contribution in [0, 0.1) is 0 Å². The number of nitrogens with one attached hydrogen (secondary N) is 2. The molecule has 0 saturated carbocycles. The zero-order chi connectivity index (χ0) is 17.5. The predicted molar refractivity (Wildman–Crippen MR) is 96.8 cm³/mol. The maximum absolute atomic E-state index is 12.1. The van der Waals surface area contributed by atoms with Crippen LogP contribution in [-0.2, 0) is 16.1 Å². The van der Waals surface area contributed by atoms with E-state index >= 15 is 0 Å². The summed E-state index contributed by atoms with van der Waals surface area (Å²) >= 11 is 3.35. The topological polar surface area (TPSA) is 67.4 Å². The molecular formula is C18H19BrN2O3. The van der Waals surface area contributed by atoms with Crippen LogP contribution in [0.1, 0.15) is 19.4 Å². The van der Waals surface area contributed by atoms with Gasteiger partial charge < -0.3 is 15.4 Å². The molecule has 2 rings (SSSR count). The van der Waals surface area contributed by atoms with Crippen LogP contribution in [0.15, 0.2) is 53.0 Å².